The molecular formula is C16H20FN3O3. The largest absolute Gasteiger partial charge is 0.493 e. The van der Waals surface area contributed by atoms with Gasteiger partial charge in [-0.2, -0.15) is 9.37 Å². The third kappa shape index (κ3) is 3.80. The Bertz CT molecular complexity index is 667. The molecule has 7 heteroatoms. The van der Waals surface area contributed by atoms with Crippen molar-refractivity contribution in [1.29, 1.82) is 0 Å². The standard InChI is InChI=1S/C16H20FN3O3/c1-5-12(10-6-7-13(21-2)14(8-10)22-3)19-16-18-9-11(17)15(20-16)23-4/h6-9,12H,5H2,1-4H3,(H,18,19,20). The number of anilines is 1. The van der Waals surface area contributed by atoms with E-state index in [4.69, 9.17) is 14.2 Å². The summed E-state index contributed by atoms with van der Waals surface area (Å²) in [6.07, 6.45) is 1.86. The highest BCUT2D eigenvalue weighted by molar-refractivity contribution is 5.45. The van der Waals surface area contributed by atoms with E-state index in [0.717, 1.165) is 18.2 Å². The predicted octanol–water partition coefficient (Wildman–Crippen LogP) is 3.20. The molecule has 1 unspecified atom stereocenters. The first kappa shape index (κ1) is 16.8. The fourth-order valence-corrected chi connectivity index (χ4v) is 2.21. The summed E-state index contributed by atoms with van der Waals surface area (Å²) in [7, 11) is 4.54. The Balaban J connectivity index is 2.26. The summed E-state index contributed by atoms with van der Waals surface area (Å²) in [5.41, 5.74) is 0.983. The fourth-order valence-electron chi connectivity index (χ4n) is 2.21. The van der Waals surface area contributed by atoms with Crippen molar-refractivity contribution in [2.24, 2.45) is 0 Å². The van der Waals surface area contributed by atoms with Gasteiger partial charge < -0.3 is 19.5 Å². The maximum atomic E-state index is 13.4. The van der Waals surface area contributed by atoms with Gasteiger partial charge in [-0.3, -0.25) is 0 Å². The molecule has 0 aliphatic heterocycles. The molecule has 0 saturated heterocycles. The number of nitrogens with one attached hydrogen (secondary N) is 1. The lowest BCUT2D eigenvalue weighted by Gasteiger charge is -2.19. The third-order valence-corrected chi connectivity index (χ3v) is 3.43. The molecule has 1 aromatic heterocycles. The summed E-state index contributed by atoms with van der Waals surface area (Å²) in [4.78, 5) is 7.95. The van der Waals surface area contributed by atoms with Gasteiger partial charge in [-0.15, -0.1) is 0 Å². The van der Waals surface area contributed by atoms with Crippen molar-refractivity contribution in [3.63, 3.8) is 0 Å². The molecule has 1 atom stereocenters. The molecule has 1 N–H and O–H groups in total. The highest BCUT2D eigenvalue weighted by atomic mass is 19.1. The second-order valence-electron chi connectivity index (χ2n) is 4.77. The molecule has 0 bridgehead atoms. The highest BCUT2D eigenvalue weighted by Gasteiger charge is 2.15. The average molecular weight is 321 g/mol. The number of benzene rings is 1. The molecule has 2 rings (SSSR count). The first-order valence-electron chi connectivity index (χ1n) is 7.17. The Morgan fingerprint density at radius 1 is 1.13 bits per heavy atom. The third-order valence-electron chi connectivity index (χ3n) is 3.43. The Kier molecular flexibility index (Phi) is 5.56. The van der Waals surface area contributed by atoms with Gasteiger partial charge in [0.25, 0.3) is 5.88 Å². The number of aromatic nitrogens is 2. The topological polar surface area (TPSA) is 65.5 Å². The van der Waals surface area contributed by atoms with E-state index in [1.54, 1.807) is 14.2 Å². The number of nitrogens with zero attached hydrogens (tertiary/aromatic N) is 2. The molecule has 1 aromatic carbocycles. The van der Waals surface area contributed by atoms with E-state index >= 15 is 0 Å². The lowest BCUT2D eigenvalue weighted by atomic mass is 10.0. The number of halogens is 1. The van der Waals surface area contributed by atoms with Crippen LogP contribution in [0, 0.1) is 5.82 Å². The Morgan fingerprint density at radius 3 is 2.48 bits per heavy atom. The van der Waals surface area contributed by atoms with Crippen molar-refractivity contribution in [2.75, 3.05) is 26.6 Å². The van der Waals surface area contributed by atoms with Crippen molar-refractivity contribution in [1.82, 2.24) is 9.97 Å². The van der Waals surface area contributed by atoms with Crippen molar-refractivity contribution >= 4 is 5.95 Å². The maximum Gasteiger partial charge on any atom is 0.255 e. The van der Waals surface area contributed by atoms with E-state index in [1.165, 1.54) is 7.11 Å². The molecule has 124 valence electrons. The van der Waals surface area contributed by atoms with E-state index in [-0.39, 0.29) is 11.9 Å². The van der Waals surface area contributed by atoms with Crippen LogP contribution in [0.2, 0.25) is 0 Å². The van der Waals surface area contributed by atoms with E-state index < -0.39 is 5.82 Å². The quantitative estimate of drug-likeness (QED) is 0.845. The van der Waals surface area contributed by atoms with Gasteiger partial charge in [-0.1, -0.05) is 13.0 Å². The van der Waals surface area contributed by atoms with Crippen molar-refractivity contribution in [3.8, 4) is 17.4 Å². The molecule has 0 fully saturated rings. The van der Waals surface area contributed by atoms with Crippen LogP contribution < -0.4 is 19.5 Å². The van der Waals surface area contributed by atoms with Gasteiger partial charge in [0.2, 0.25) is 11.8 Å². The molecule has 2 aromatic rings. The normalized spacial score (nSPS) is 11.7. The van der Waals surface area contributed by atoms with Gasteiger partial charge >= 0.3 is 0 Å². The van der Waals surface area contributed by atoms with Crippen LogP contribution in [-0.4, -0.2) is 31.3 Å². The van der Waals surface area contributed by atoms with E-state index in [9.17, 15) is 4.39 Å². The lowest BCUT2D eigenvalue weighted by Crippen LogP contribution is -2.13. The monoisotopic (exact) mass is 321 g/mol. The van der Waals surface area contributed by atoms with Gasteiger partial charge in [-0.25, -0.2) is 4.98 Å². The molecule has 0 aliphatic rings. The molecule has 0 radical (unpaired) electrons. The number of rotatable bonds is 7. The second-order valence-corrected chi connectivity index (χ2v) is 4.77. The summed E-state index contributed by atoms with van der Waals surface area (Å²) in [6.45, 7) is 2.02. The van der Waals surface area contributed by atoms with Gasteiger partial charge in [0.15, 0.2) is 11.5 Å². The molecule has 23 heavy (non-hydrogen) atoms. The molecule has 1 heterocycles. The second kappa shape index (κ2) is 7.62. The minimum absolute atomic E-state index is 0.0648. The molecule has 0 spiro atoms. The molecule has 6 nitrogen and oxygen atoms in total. The summed E-state index contributed by atoms with van der Waals surface area (Å²) < 4.78 is 28.8. The average Bonchev–Trinajstić information content (AvgIpc) is 2.60. The van der Waals surface area contributed by atoms with Gasteiger partial charge in [-0.05, 0) is 24.1 Å². The van der Waals surface area contributed by atoms with Gasteiger partial charge in [0.1, 0.15) is 0 Å². The van der Waals surface area contributed by atoms with Crippen LogP contribution in [0.5, 0.6) is 17.4 Å². The zero-order chi connectivity index (χ0) is 16.8. The first-order chi connectivity index (χ1) is 11.1. The number of hydrogen-bond acceptors (Lipinski definition) is 6. The maximum absolute atomic E-state index is 13.4. The summed E-state index contributed by atoms with van der Waals surface area (Å²) in [6, 6.07) is 5.60. The van der Waals surface area contributed by atoms with Crippen molar-refractivity contribution in [3.05, 3.63) is 35.8 Å². The summed E-state index contributed by atoms with van der Waals surface area (Å²) >= 11 is 0. The van der Waals surface area contributed by atoms with E-state index in [2.05, 4.69) is 15.3 Å². The van der Waals surface area contributed by atoms with Crippen molar-refractivity contribution in [2.45, 2.75) is 19.4 Å². The molecule has 0 aliphatic carbocycles. The van der Waals surface area contributed by atoms with Crippen LogP contribution in [0.15, 0.2) is 24.4 Å². The fraction of sp³-hybridized carbons (Fsp3) is 0.375. The van der Waals surface area contributed by atoms with E-state index in [0.29, 0.717) is 17.4 Å². The Labute approximate surface area is 134 Å². The van der Waals surface area contributed by atoms with Crippen LogP contribution in [0.25, 0.3) is 0 Å². The molecule has 0 saturated carbocycles. The SMILES string of the molecule is CCC(Nc1ncc(F)c(OC)n1)c1ccc(OC)c(OC)c1. The van der Waals surface area contributed by atoms with Crippen LogP contribution in [0.1, 0.15) is 24.9 Å². The molecule has 0 amide bonds. The number of ether oxygens (including phenoxy) is 3. The molecular weight excluding hydrogens is 301 g/mol. The number of hydrogen-bond donors (Lipinski definition) is 1. The first-order valence-corrected chi connectivity index (χ1v) is 7.17. The Morgan fingerprint density at radius 2 is 1.87 bits per heavy atom. The van der Waals surface area contributed by atoms with Gasteiger partial charge in [0, 0.05) is 0 Å². The lowest BCUT2D eigenvalue weighted by molar-refractivity contribution is 0.354. The minimum atomic E-state index is -0.600. The van der Waals surface area contributed by atoms with Crippen LogP contribution in [0.4, 0.5) is 10.3 Å². The van der Waals surface area contributed by atoms with E-state index in [1.807, 2.05) is 25.1 Å². The highest BCUT2D eigenvalue weighted by Crippen LogP contribution is 2.32. The minimum Gasteiger partial charge on any atom is -0.493 e. The van der Waals surface area contributed by atoms with Gasteiger partial charge in [0.05, 0.1) is 33.6 Å². The summed E-state index contributed by atoms with van der Waals surface area (Å²) in [5.74, 6) is 0.903. The number of methoxy groups -OCH3 is 3. The van der Waals surface area contributed by atoms with Crippen LogP contribution in [0.3, 0.4) is 0 Å². The Hall–Kier alpha value is -2.57. The summed E-state index contributed by atoms with van der Waals surface area (Å²) in [5, 5.41) is 3.17. The zero-order valence-electron chi connectivity index (χ0n) is 13.6. The zero-order valence-corrected chi connectivity index (χ0v) is 13.6. The predicted molar refractivity (Wildman–Crippen MR) is 84.7 cm³/mol. The van der Waals surface area contributed by atoms with Crippen LogP contribution in [-0.2, 0) is 0 Å². The van der Waals surface area contributed by atoms with Crippen LogP contribution >= 0.6 is 0 Å². The van der Waals surface area contributed by atoms with Crippen molar-refractivity contribution < 1.29 is 18.6 Å². The smallest absolute Gasteiger partial charge is 0.255 e.